The molecule has 0 aliphatic heterocycles. The summed E-state index contributed by atoms with van der Waals surface area (Å²) in [4.78, 5) is 167. The van der Waals surface area contributed by atoms with Crippen LogP contribution < -0.4 is 26.6 Å². The summed E-state index contributed by atoms with van der Waals surface area (Å²) in [5.74, 6) is -1.68. The molecule has 0 saturated carbocycles. The van der Waals surface area contributed by atoms with Crippen LogP contribution in [0.3, 0.4) is 0 Å². The third kappa shape index (κ3) is 36.8. The summed E-state index contributed by atoms with van der Waals surface area (Å²) in [5.41, 5.74) is 8.74. The Morgan fingerprint density at radius 2 is 0.602 bits per heavy atom. The summed E-state index contributed by atoms with van der Waals surface area (Å²) in [5, 5.41) is 18.6. The lowest BCUT2D eigenvalue weighted by molar-refractivity contribution is -0.131. The maximum atomic E-state index is 13.4. The van der Waals surface area contributed by atoms with Crippen LogP contribution in [-0.4, -0.2) is 121 Å². The van der Waals surface area contributed by atoms with Crippen molar-refractivity contribution >= 4 is 156 Å². The topological polar surface area (TPSA) is 317 Å². The summed E-state index contributed by atoms with van der Waals surface area (Å²) in [6.07, 6.45) is 20.5. The molecule has 5 N–H and O–H groups in total. The molecule has 8 aromatic rings. The van der Waals surface area contributed by atoms with E-state index in [2.05, 4.69) is 185 Å². The Morgan fingerprint density at radius 1 is 0.352 bits per heavy atom. The van der Waals surface area contributed by atoms with E-state index in [1.807, 2.05) is 38.1 Å². The summed E-state index contributed by atoms with van der Waals surface area (Å²) in [6.45, 7) is 44.5. The average molecular weight is 1830 g/mol. The molecular formula is C103H143N9O12S4. The van der Waals surface area contributed by atoms with Crippen LogP contribution in [0.25, 0.3) is 40.9 Å². The number of allylic oxidation sites excluding steroid dienone is 4. The second-order valence-corrected chi connectivity index (χ2v) is 38.3. The van der Waals surface area contributed by atoms with E-state index in [1.54, 1.807) is 52.4 Å². The van der Waals surface area contributed by atoms with E-state index < -0.39 is 23.7 Å². The summed E-state index contributed by atoms with van der Waals surface area (Å²) < 4.78 is 4.43. The van der Waals surface area contributed by atoms with Gasteiger partial charge in [0.05, 0.1) is 84.6 Å². The predicted octanol–water partition coefficient (Wildman–Crippen LogP) is 20.6. The first kappa shape index (κ1) is 109. The van der Waals surface area contributed by atoms with Gasteiger partial charge in [0.25, 0.3) is 0 Å². The zero-order valence-corrected chi connectivity index (χ0v) is 82.2. The molecule has 8 rings (SSSR count). The third-order valence-electron chi connectivity index (χ3n) is 24.3. The van der Waals surface area contributed by atoms with Gasteiger partial charge >= 0.3 is 0 Å². The van der Waals surface area contributed by atoms with Gasteiger partial charge in [-0.25, -0.2) is 19.9 Å². The van der Waals surface area contributed by atoms with Crippen LogP contribution >= 0.6 is 45.3 Å². The first-order chi connectivity index (χ1) is 61.2. The van der Waals surface area contributed by atoms with Gasteiger partial charge in [-0.05, 0) is 183 Å². The number of ketones is 7. The van der Waals surface area contributed by atoms with Gasteiger partial charge in [0.1, 0.15) is 17.3 Å². The molecule has 0 aliphatic carbocycles. The number of carbonyl (C=O) groups is 12. The molecule has 4 aromatic heterocycles. The van der Waals surface area contributed by atoms with Crippen LogP contribution in [0.1, 0.15) is 268 Å². The molecular weight excluding hydrogens is 1680 g/mol. The van der Waals surface area contributed by atoms with E-state index in [0.717, 1.165) is 119 Å². The van der Waals surface area contributed by atoms with Crippen molar-refractivity contribution < 1.29 is 57.5 Å². The maximum Gasteiger partial charge on any atom is 0.224 e. The van der Waals surface area contributed by atoms with E-state index in [1.165, 1.54) is 53.5 Å². The lowest BCUT2D eigenvalue weighted by Crippen LogP contribution is -2.44. The minimum Gasteiger partial charge on any atom is -0.359 e. The standard InChI is InChI=1S/C27H38N2O3S.C26H36N2O3S.C25H35N3O3S.C25H34N2O3S/c1-6-10-22(31)16-20(17-26-28-24-13-11-19(8-3)15-25(24)33-26)27(32)29-23(18(5)7-2)14-12-21(30)9-4;1-6-17(5)22(13-11-20(29)8-3)28-26(31)19(15-21(30)9-4)16-25-27-23-12-10-18(7-2)14-24(23)32-25;1-6-16(4)20(12-10-19(29)8-3)28-25(31)18(14-23(30)26-5)15-24-27-21-11-9-17(7-2)13-22(21)32-24;1-6-16(4)21(12-10-20(29)8-3)27-25(30)19(13-17(5)28)15-24-26-22-11-9-18(7-2)14-23(22)31-24/h9,11,13,15,18,20,23H,4,6-8,10,12,14,16-17H2,1-3,5H3,(H,29,32);8,10,12,14,17,19,22H,3,6-7,9,11,13,15-16H2,1-2,4-5H3,(H,28,31);8-9,11,13,16,18,20H,3,6-7,10,12,14-15H2,1-2,4-5H3,(H,26,30)(H,28,31);8-9,11,14,16,19,21H,3,6-7,10,12-13,15H2,1-2,4-5H3,(H,27,30)/t18-,20-,23+;17-,19-,22+;16-,18-,20+;16-,19-,21+/m0000/s1. The van der Waals surface area contributed by atoms with Gasteiger partial charge in [-0.3, -0.25) is 52.7 Å². The number of rotatable bonds is 55. The SMILES string of the molecule is C=CC(=O)CC[C@@H](NC(=O)[C@@H](CC(=O)CC)Cc1nc2ccc(CC)cc2s1)[C@@H](C)CC.C=CC(=O)CC[C@@H](NC(=O)[C@@H](CC(=O)CCC)Cc1nc2ccc(CC)cc2s1)[C@@H](C)CC.C=CC(=O)CC[C@@H](NC(=O)[C@@H](CC(=O)NC)Cc1nc2ccc(CC)cc2s1)[C@@H](C)CC.C=CC(=O)CC[C@@H](NC(=O)[C@@H](CC(C)=O)Cc1nc2ccc(CC)cc2s1)[C@@H](C)CC. The molecule has 0 saturated heterocycles. The van der Waals surface area contributed by atoms with E-state index in [9.17, 15) is 57.5 Å². The fraction of sp³-hybridized carbons (Fsp3) is 0.534. The summed E-state index contributed by atoms with van der Waals surface area (Å²) >= 11 is 6.36. The van der Waals surface area contributed by atoms with Gasteiger partial charge in [0.2, 0.25) is 29.5 Å². The molecule has 25 heteroatoms. The van der Waals surface area contributed by atoms with Crippen molar-refractivity contribution in [1.29, 1.82) is 0 Å². The number of aryl methyl sites for hydroxylation is 4. The summed E-state index contributed by atoms with van der Waals surface area (Å²) in [7, 11) is 1.57. The number of carbonyl (C=O) groups excluding carboxylic acids is 12. The number of amides is 5. The van der Waals surface area contributed by atoms with Crippen LogP contribution in [0.15, 0.2) is 123 Å². The number of benzene rings is 4. The Labute approximate surface area is 776 Å². The highest BCUT2D eigenvalue weighted by Gasteiger charge is 2.33. The molecule has 0 spiro atoms. The van der Waals surface area contributed by atoms with Gasteiger partial charge in [-0.15, -0.1) is 45.3 Å². The molecule has 0 radical (unpaired) electrons. The van der Waals surface area contributed by atoms with E-state index >= 15 is 0 Å². The van der Waals surface area contributed by atoms with Crippen LogP contribution in [0.2, 0.25) is 0 Å². The van der Waals surface area contributed by atoms with Crippen LogP contribution in [0.5, 0.6) is 0 Å². The monoisotopic (exact) mass is 1830 g/mol. The van der Waals surface area contributed by atoms with Gasteiger partial charge in [0.15, 0.2) is 23.1 Å². The number of Topliss-reactive ketones (excluding diaryl/α,β-unsaturated/α-hetero) is 3. The lowest BCUT2D eigenvalue weighted by Gasteiger charge is -2.26. The van der Waals surface area contributed by atoms with Crippen molar-refractivity contribution in [2.75, 3.05) is 7.05 Å². The highest BCUT2D eigenvalue weighted by molar-refractivity contribution is 7.19. The highest BCUT2D eigenvalue weighted by atomic mass is 32.1. The molecule has 0 fully saturated rings. The Hall–Kier alpha value is -9.56. The zero-order chi connectivity index (χ0) is 94.7. The molecule has 0 unspecified atom stereocenters. The van der Waals surface area contributed by atoms with E-state index in [0.29, 0.717) is 89.9 Å². The second-order valence-electron chi connectivity index (χ2n) is 33.9. The Balaban J connectivity index is 0.000000303. The third-order valence-corrected chi connectivity index (χ3v) is 28.4. The van der Waals surface area contributed by atoms with Gasteiger partial charge < -0.3 is 31.4 Å². The van der Waals surface area contributed by atoms with E-state index in [4.69, 9.17) is 19.9 Å². The first-order valence-corrected chi connectivity index (χ1v) is 49.5. The molecule has 0 bridgehead atoms. The molecule has 696 valence electrons. The van der Waals surface area contributed by atoms with Gasteiger partial charge in [0, 0.05) is 121 Å². The Kier molecular flexibility index (Phi) is 48.9. The molecule has 21 nitrogen and oxygen atoms in total. The lowest BCUT2D eigenvalue weighted by atomic mass is 9.91. The van der Waals surface area contributed by atoms with Crippen LogP contribution in [0.4, 0.5) is 0 Å². The molecule has 5 amide bonds. The Bertz CT molecular complexity index is 4880. The second kappa shape index (κ2) is 57.5. The van der Waals surface area contributed by atoms with Crippen LogP contribution in [0, 0.1) is 47.3 Å². The molecule has 4 aromatic carbocycles. The Morgan fingerprint density at radius 3 is 0.820 bits per heavy atom. The number of hydrogen-bond acceptors (Lipinski definition) is 20. The number of hydrogen-bond donors (Lipinski definition) is 5. The van der Waals surface area contributed by atoms with Crippen molar-refractivity contribution in [2.24, 2.45) is 47.3 Å². The molecule has 128 heavy (non-hydrogen) atoms. The highest BCUT2D eigenvalue weighted by Crippen LogP contribution is 2.33. The number of aromatic nitrogens is 4. The van der Waals surface area contributed by atoms with Crippen molar-refractivity contribution in [3.63, 3.8) is 0 Å². The molecule has 0 aliphatic rings. The van der Waals surface area contributed by atoms with Gasteiger partial charge in [-0.1, -0.05) is 173 Å². The quantitative estimate of drug-likeness (QED) is 0.0221. The smallest absolute Gasteiger partial charge is 0.224 e. The largest absolute Gasteiger partial charge is 0.359 e. The minimum atomic E-state index is -0.525. The first-order valence-electron chi connectivity index (χ1n) is 46.3. The minimum absolute atomic E-state index is 0.0172. The van der Waals surface area contributed by atoms with Crippen molar-refractivity contribution in [1.82, 2.24) is 46.5 Å². The van der Waals surface area contributed by atoms with Gasteiger partial charge in [-0.2, -0.15) is 0 Å². The number of fused-ring (bicyclic) bond motifs is 4. The normalized spacial score (nSPS) is 14.0. The summed E-state index contributed by atoms with van der Waals surface area (Å²) in [6, 6.07) is 24.5. The molecule has 4 heterocycles. The van der Waals surface area contributed by atoms with E-state index in [-0.39, 0.29) is 144 Å². The fourth-order valence-corrected chi connectivity index (χ4v) is 19.3. The van der Waals surface area contributed by atoms with Crippen LogP contribution in [-0.2, 0) is 109 Å². The average Bonchev–Trinajstić information content (AvgIpc) is 1.70. The number of nitrogens with zero attached hydrogens (tertiary/aromatic N) is 4. The van der Waals surface area contributed by atoms with Crippen molar-refractivity contribution in [2.45, 2.75) is 301 Å². The van der Waals surface area contributed by atoms with Crippen molar-refractivity contribution in [3.05, 3.63) is 166 Å². The number of thiazole rings is 4. The fourth-order valence-electron chi connectivity index (χ4n) is 14.9. The zero-order valence-electron chi connectivity index (χ0n) is 78.9. The maximum absolute atomic E-state index is 13.4. The predicted molar refractivity (Wildman–Crippen MR) is 526 cm³/mol. The van der Waals surface area contributed by atoms with Crippen molar-refractivity contribution in [3.8, 4) is 0 Å². The number of nitrogens with one attached hydrogen (secondary N) is 5. The molecule has 12 atom stereocenters.